The van der Waals surface area contributed by atoms with Gasteiger partial charge in [0, 0.05) is 0 Å². The molecule has 1 aromatic carbocycles. The van der Waals surface area contributed by atoms with Gasteiger partial charge in [0.1, 0.15) is 5.82 Å². The summed E-state index contributed by atoms with van der Waals surface area (Å²) in [7, 11) is 0. The molecule has 90 valence electrons. The Labute approximate surface area is 98.9 Å². The van der Waals surface area contributed by atoms with Crippen LogP contribution in [0.2, 0.25) is 0 Å². The summed E-state index contributed by atoms with van der Waals surface area (Å²) in [5.74, 6) is 0.474. The van der Waals surface area contributed by atoms with Gasteiger partial charge in [-0.15, -0.1) is 0 Å². The van der Waals surface area contributed by atoms with Crippen LogP contribution < -0.4 is 0 Å². The largest absolute Gasteiger partial charge is 0.207 e. The first kappa shape index (κ1) is 13.2. The number of hydrogen-bond acceptors (Lipinski definition) is 0. The highest BCUT2D eigenvalue weighted by Crippen LogP contribution is 2.25. The molecular formula is C15H23F. The third-order valence-corrected chi connectivity index (χ3v) is 3.24. The maximum atomic E-state index is 12.8. The molecule has 0 aromatic heterocycles. The summed E-state index contributed by atoms with van der Waals surface area (Å²) in [5.41, 5.74) is 1.29. The van der Waals surface area contributed by atoms with Crippen molar-refractivity contribution in [2.45, 2.75) is 58.3 Å². The topological polar surface area (TPSA) is 0 Å². The van der Waals surface area contributed by atoms with Crippen LogP contribution in [0.5, 0.6) is 0 Å². The lowest BCUT2D eigenvalue weighted by atomic mass is 9.91. The second kappa shape index (κ2) is 7.43. The van der Waals surface area contributed by atoms with E-state index in [1.165, 1.54) is 37.7 Å². The van der Waals surface area contributed by atoms with E-state index >= 15 is 0 Å². The molecule has 0 spiro atoms. The molecule has 0 saturated carbocycles. The monoisotopic (exact) mass is 222 g/mol. The van der Waals surface area contributed by atoms with E-state index in [1.807, 2.05) is 12.1 Å². The minimum Gasteiger partial charge on any atom is -0.207 e. The second-order valence-corrected chi connectivity index (χ2v) is 4.51. The third-order valence-electron chi connectivity index (χ3n) is 3.24. The SMILES string of the molecule is CCCCCCC(CC)c1ccc(F)cc1. The summed E-state index contributed by atoms with van der Waals surface area (Å²) >= 11 is 0. The Balaban J connectivity index is 2.44. The molecule has 0 amide bonds. The summed E-state index contributed by atoms with van der Waals surface area (Å²) in [6.45, 7) is 4.45. The summed E-state index contributed by atoms with van der Waals surface area (Å²) in [5, 5.41) is 0. The van der Waals surface area contributed by atoms with E-state index in [0.29, 0.717) is 5.92 Å². The van der Waals surface area contributed by atoms with Crippen molar-refractivity contribution >= 4 is 0 Å². The summed E-state index contributed by atoms with van der Waals surface area (Å²) < 4.78 is 12.8. The molecule has 0 bridgehead atoms. The van der Waals surface area contributed by atoms with Gasteiger partial charge in [0.05, 0.1) is 0 Å². The quantitative estimate of drug-likeness (QED) is 0.550. The Hall–Kier alpha value is -0.850. The van der Waals surface area contributed by atoms with Gasteiger partial charge >= 0.3 is 0 Å². The van der Waals surface area contributed by atoms with Crippen molar-refractivity contribution in [2.75, 3.05) is 0 Å². The smallest absolute Gasteiger partial charge is 0.123 e. The fraction of sp³-hybridized carbons (Fsp3) is 0.600. The Morgan fingerprint density at radius 3 is 2.25 bits per heavy atom. The molecule has 1 rings (SSSR count). The molecule has 0 saturated heterocycles. The van der Waals surface area contributed by atoms with Gasteiger partial charge in [0.25, 0.3) is 0 Å². The van der Waals surface area contributed by atoms with Crippen molar-refractivity contribution in [3.05, 3.63) is 35.6 Å². The van der Waals surface area contributed by atoms with Crippen LogP contribution in [-0.2, 0) is 0 Å². The molecule has 0 radical (unpaired) electrons. The van der Waals surface area contributed by atoms with E-state index in [9.17, 15) is 4.39 Å². The van der Waals surface area contributed by atoms with Gasteiger partial charge in [-0.05, 0) is 36.5 Å². The molecule has 0 heterocycles. The van der Waals surface area contributed by atoms with E-state index in [2.05, 4.69) is 13.8 Å². The van der Waals surface area contributed by atoms with Crippen LogP contribution in [0.15, 0.2) is 24.3 Å². The van der Waals surface area contributed by atoms with Gasteiger partial charge in [0.15, 0.2) is 0 Å². The number of unbranched alkanes of at least 4 members (excludes halogenated alkanes) is 3. The van der Waals surface area contributed by atoms with Gasteiger partial charge in [-0.2, -0.15) is 0 Å². The summed E-state index contributed by atoms with van der Waals surface area (Å²) in [6, 6.07) is 7.01. The van der Waals surface area contributed by atoms with Gasteiger partial charge in [-0.25, -0.2) is 4.39 Å². The average Bonchev–Trinajstić information content (AvgIpc) is 2.31. The Bertz CT molecular complexity index is 276. The molecule has 16 heavy (non-hydrogen) atoms. The summed E-state index contributed by atoms with van der Waals surface area (Å²) in [4.78, 5) is 0. The van der Waals surface area contributed by atoms with E-state index in [0.717, 1.165) is 6.42 Å². The minimum atomic E-state index is -0.135. The zero-order valence-corrected chi connectivity index (χ0v) is 10.5. The van der Waals surface area contributed by atoms with Crippen molar-refractivity contribution in [1.29, 1.82) is 0 Å². The van der Waals surface area contributed by atoms with Gasteiger partial charge < -0.3 is 0 Å². The lowest BCUT2D eigenvalue weighted by Gasteiger charge is -2.15. The molecule has 0 aliphatic heterocycles. The number of hydrogen-bond donors (Lipinski definition) is 0. The van der Waals surface area contributed by atoms with E-state index in [-0.39, 0.29) is 5.82 Å². The number of benzene rings is 1. The van der Waals surface area contributed by atoms with Crippen molar-refractivity contribution < 1.29 is 4.39 Å². The van der Waals surface area contributed by atoms with Crippen molar-refractivity contribution in [2.24, 2.45) is 0 Å². The van der Waals surface area contributed by atoms with E-state index < -0.39 is 0 Å². The highest BCUT2D eigenvalue weighted by Gasteiger charge is 2.08. The van der Waals surface area contributed by atoms with Crippen LogP contribution in [0.25, 0.3) is 0 Å². The molecule has 0 fully saturated rings. The van der Waals surface area contributed by atoms with Crippen LogP contribution >= 0.6 is 0 Å². The zero-order valence-electron chi connectivity index (χ0n) is 10.5. The van der Waals surface area contributed by atoms with Crippen LogP contribution in [0.3, 0.4) is 0 Å². The first-order chi connectivity index (χ1) is 7.77. The molecule has 0 aliphatic carbocycles. The summed E-state index contributed by atoms with van der Waals surface area (Å²) in [6.07, 6.45) is 7.63. The molecule has 0 nitrogen and oxygen atoms in total. The maximum Gasteiger partial charge on any atom is 0.123 e. The van der Waals surface area contributed by atoms with Crippen molar-refractivity contribution in [3.8, 4) is 0 Å². The number of rotatable bonds is 7. The molecule has 0 aliphatic rings. The fourth-order valence-corrected chi connectivity index (χ4v) is 2.16. The predicted molar refractivity (Wildman–Crippen MR) is 68.2 cm³/mol. The van der Waals surface area contributed by atoms with Crippen LogP contribution in [0.4, 0.5) is 4.39 Å². The first-order valence-corrected chi connectivity index (χ1v) is 6.53. The molecule has 0 N–H and O–H groups in total. The molecule has 1 aromatic rings. The second-order valence-electron chi connectivity index (χ2n) is 4.51. The molecule has 1 heteroatoms. The normalized spacial score (nSPS) is 12.7. The van der Waals surface area contributed by atoms with Crippen LogP contribution in [-0.4, -0.2) is 0 Å². The lowest BCUT2D eigenvalue weighted by molar-refractivity contribution is 0.541. The van der Waals surface area contributed by atoms with Gasteiger partial charge in [-0.3, -0.25) is 0 Å². The third kappa shape index (κ3) is 4.34. The standard InChI is InChI=1S/C15H23F/c1-3-5-6-7-8-13(4-2)14-9-11-15(16)12-10-14/h9-13H,3-8H2,1-2H3. The highest BCUT2D eigenvalue weighted by molar-refractivity contribution is 5.20. The Kier molecular flexibility index (Phi) is 6.14. The Morgan fingerprint density at radius 2 is 1.69 bits per heavy atom. The molecular weight excluding hydrogens is 199 g/mol. The van der Waals surface area contributed by atoms with E-state index in [4.69, 9.17) is 0 Å². The highest BCUT2D eigenvalue weighted by atomic mass is 19.1. The van der Waals surface area contributed by atoms with E-state index in [1.54, 1.807) is 12.1 Å². The number of halogens is 1. The van der Waals surface area contributed by atoms with Gasteiger partial charge in [-0.1, -0.05) is 51.7 Å². The first-order valence-electron chi connectivity index (χ1n) is 6.53. The maximum absolute atomic E-state index is 12.8. The minimum absolute atomic E-state index is 0.135. The average molecular weight is 222 g/mol. The predicted octanol–water partition coefficient (Wildman–Crippen LogP) is 5.29. The molecule has 1 unspecified atom stereocenters. The Morgan fingerprint density at radius 1 is 1.00 bits per heavy atom. The van der Waals surface area contributed by atoms with Crippen molar-refractivity contribution in [1.82, 2.24) is 0 Å². The fourth-order valence-electron chi connectivity index (χ4n) is 2.16. The molecule has 1 atom stereocenters. The van der Waals surface area contributed by atoms with Crippen molar-refractivity contribution in [3.63, 3.8) is 0 Å². The van der Waals surface area contributed by atoms with Crippen LogP contribution in [0, 0.1) is 5.82 Å². The lowest BCUT2D eigenvalue weighted by Crippen LogP contribution is -1.97. The zero-order chi connectivity index (χ0) is 11.8. The van der Waals surface area contributed by atoms with Gasteiger partial charge in [0.2, 0.25) is 0 Å². The van der Waals surface area contributed by atoms with Crippen LogP contribution in [0.1, 0.15) is 63.9 Å².